The second kappa shape index (κ2) is 14.1. The van der Waals surface area contributed by atoms with Gasteiger partial charge in [-0.2, -0.15) is 0 Å². The highest BCUT2D eigenvalue weighted by molar-refractivity contribution is 5.58. The van der Waals surface area contributed by atoms with Gasteiger partial charge in [0, 0.05) is 13.8 Å². The summed E-state index contributed by atoms with van der Waals surface area (Å²) in [5.41, 5.74) is 5.18. The summed E-state index contributed by atoms with van der Waals surface area (Å²) >= 11 is 0. The Labute approximate surface area is 237 Å². The van der Waals surface area contributed by atoms with Gasteiger partial charge in [-0.3, -0.25) is 0 Å². The molecule has 0 heterocycles. The van der Waals surface area contributed by atoms with Crippen LogP contribution in [0.2, 0.25) is 0 Å². The molecular formula is C36H36O4. The molecule has 0 aliphatic carbocycles. The van der Waals surface area contributed by atoms with Crippen molar-refractivity contribution >= 4 is 18.2 Å². The van der Waals surface area contributed by atoms with Crippen molar-refractivity contribution in [3.05, 3.63) is 150 Å². The minimum atomic E-state index is -0.743. The summed E-state index contributed by atoms with van der Waals surface area (Å²) < 4.78 is 18.0. The summed E-state index contributed by atoms with van der Waals surface area (Å²) in [4.78, 5) is 0. The molecule has 0 aliphatic heterocycles. The van der Waals surface area contributed by atoms with E-state index in [0.717, 1.165) is 33.6 Å². The SMILES string of the molecule is C=Cc1ccc(C(CO)Oc2ccc(C=CC=Cc3ccc(OC(C)(C)OCc4ccccc4)cc3)cc2)cc1. The van der Waals surface area contributed by atoms with Gasteiger partial charge in [0.1, 0.15) is 17.6 Å². The third kappa shape index (κ3) is 8.84. The molecule has 4 aromatic carbocycles. The molecule has 0 amide bonds. The average Bonchev–Trinajstić information content (AvgIpc) is 2.99. The highest BCUT2D eigenvalue weighted by atomic mass is 16.7. The molecule has 0 radical (unpaired) electrons. The van der Waals surface area contributed by atoms with Gasteiger partial charge in [-0.25, -0.2) is 0 Å². The number of rotatable bonds is 13. The van der Waals surface area contributed by atoms with E-state index in [1.54, 1.807) is 6.08 Å². The first-order chi connectivity index (χ1) is 19.4. The van der Waals surface area contributed by atoms with Gasteiger partial charge in [0.2, 0.25) is 5.79 Å². The lowest BCUT2D eigenvalue weighted by Crippen LogP contribution is -2.31. The minimum Gasteiger partial charge on any atom is -0.483 e. The maximum absolute atomic E-state index is 9.81. The number of ether oxygens (including phenoxy) is 3. The molecule has 0 saturated heterocycles. The van der Waals surface area contributed by atoms with Crippen LogP contribution in [0.5, 0.6) is 11.5 Å². The van der Waals surface area contributed by atoms with Crippen molar-refractivity contribution in [1.82, 2.24) is 0 Å². The van der Waals surface area contributed by atoms with Gasteiger partial charge in [-0.15, -0.1) is 0 Å². The molecule has 0 fully saturated rings. The molecule has 0 bridgehead atoms. The zero-order chi connectivity index (χ0) is 28.2. The number of aliphatic hydroxyl groups excluding tert-OH is 1. The molecule has 1 unspecified atom stereocenters. The normalized spacial score (nSPS) is 12.5. The van der Waals surface area contributed by atoms with E-state index in [1.807, 2.05) is 141 Å². The van der Waals surface area contributed by atoms with Crippen LogP contribution in [-0.2, 0) is 11.3 Å². The molecule has 0 saturated carbocycles. The lowest BCUT2D eigenvalue weighted by Gasteiger charge is -2.26. The first kappa shape index (κ1) is 28.6. The quantitative estimate of drug-likeness (QED) is 0.139. The van der Waals surface area contributed by atoms with Crippen LogP contribution in [-0.4, -0.2) is 17.5 Å². The van der Waals surface area contributed by atoms with Crippen molar-refractivity contribution in [2.75, 3.05) is 6.61 Å². The van der Waals surface area contributed by atoms with Crippen LogP contribution in [0.15, 0.2) is 122 Å². The molecule has 0 aromatic heterocycles. The van der Waals surface area contributed by atoms with Crippen molar-refractivity contribution in [1.29, 1.82) is 0 Å². The summed E-state index contributed by atoms with van der Waals surface area (Å²) in [6, 6.07) is 33.6. The van der Waals surface area contributed by atoms with Gasteiger partial charge in [0.15, 0.2) is 0 Å². The molecule has 0 spiro atoms. The van der Waals surface area contributed by atoms with Crippen molar-refractivity contribution in [3.8, 4) is 11.5 Å². The number of hydrogen-bond acceptors (Lipinski definition) is 4. The van der Waals surface area contributed by atoms with Gasteiger partial charge >= 0.3 is 0 Å². The number of hydrogen-bond donors (Lipinski definition) is 1. The summed E-state index contributed by atoms with van der Waals surface area (Å²) in [7, 11) is 0. The number of benzene rings is 4. The predicted octanol–water partition coefficient (Wildman–Crippen LogP) is 8.50. The van der Waals surface area contributed by atoms with Crippen LogP contribution >= 0.6 is 0 Å². The average molecular weight is 533 g/mol. The Morgan fingerprint density at radius 3 is 1.82 bits per heavy atom. The largest absolute Gasteiger partial charge is 0.483 e. The van der Waals surface area contributed by atoms with Gasteiger partial charge in [-0.05, 0) is 52.1 Å². The fraction of sp³-hybridized carbons (Fsp3) is 0.167. The van der Waals surface area contributed by atoms with Crippen molar-refractivity contribution in [2.45, 2.75) is 32.3 Å². The first-order valence-electron chi connectivity index (χ1n) is 13.4. The molecule has 4 aromatic rings. The summed E-state index contributed by atoms with van der Waals surface area (Å²) in [5, 5.41) is 9.81. The summed E-state index contributed by atoms with van der Waals surface area (Å²) in [6.07, 6.45) is 9.44. The third-order valence-corrected chi connectivity index (χ3v) is 6.23. The van der Waals surface area contributed by atoms with E-state index >= 15 is 0 Å². The molecule has 4 nitrogen and oxygen atoms in total. The van der Waals surface area contributed by atoms with Gasteiger partial charge in [0.05, 0.1) is 13.2 Å². The van der Waals surface area contributed by atoms with Crippen LogP contribution in [0.3, 0.4) is 0 Å². The lowest BCUT2D eigenvalue weighted by atomic mass is 10.1. The second-order valence-electron chi connectivity index (χ2n) is 9.79. The van der Waals surface area contributed by atoms with Crippen LogP contribution in [0, 0.1) is 0 Å². The van der Waals surface area contributed by atoms with Crippen LogP contribution in [0.25, 0.3) is 18.2 Å². The minimum absolute atomic E-state index is 0.104. The highest BCUT2D eigenvalue weighted by Crippen LogP contribution is 2.24. The predicted molar refractivity (Wildman–Crippen MR) is 164 cm³/mol. The van der Waals surface area contributed by atoms with E-state index in [1.165, 1.54) is 0 Å². The topological polar surface area (TPSA) is 47.9 Å². The smallest absolute Gasteiger partial charge is 0.205 e. The summed E-state index contributed by atoms with van der Waals surface area (Å²) in [6.45, 7) is 7.99. The monoisotopic (exact) mass is 532 g/mol. The Kier molecular flexibility index (Phi) is 10.1. The maximum Gasteiger partial charge on any atom is 0.205 e. The Hall–Kier alpha value is -4.38. The van der Waals surface area contributed by atoms with Crippen LogP contribution in [0.1, 0.15) is 47.8 Å². The Morgan fingerprint density at radius 1 is 0.725 bits per heavy atom. The van der Waals surface area contributed by atoms with Gasteiger partial charge in [0.25, 0.3) is 0 Å². The molecule has 204 valence electrons. The molecule has 0 aliphatic rings. The van der Waals surface area contributed by atoms with Gasteiger partial charge in [-0.1, -0.05) is 116 Å². The van der Waals surface area contributed by atoms with Crippen molar-refractivity contribution < 1.29 is 19.3 Å². The molecule has 4 rings (SSSR count). The fourth-order valence-corrected chi connectivity index (χ4v) is 4.00. The molecule has 1 N–H and O–H groups in total. The molecule has 4 heteroatoms. The highest BCUT2D eigenvalue weighted by Gasteiger charge is 2.20. The van der Waals surface area contributed by atoms with Gasteiger partial charge < -0.3 is 19.3 Å². The Morgan fingerprint density at radius 2 is 1.27 bits per heavy atom. The van der Waals surface area contributed by atoms with Crippen LogP contribution < -0.4 is 9.47 Å². The molecule has 40 heavy (non-hydrogen) atoms. The second-order valence-corrected chi connectivity index (χ2v) is 9.79. The van der Waals surface area contributed by atoms with E-state index in [-0.39, 0.29) is 6.61 Å². The van der Waals surface area contributed by atoms with E-state index in [4.69, 9.17) is 14.2 Å². The fourth-order valence-electron chi connectivity index (χ4n) is 4.00. The Balaban J connectivity index is 1.26. The molecule has 1 atom stereocenters. The van der Waals surface area contributed by atoms with Crippen LogP contribution in [0.4, 0.5) is 0 Å². The van der Waals surface area contributed by atoms with E-state index in [2.05, 4.69) is 6.58 Å². The lowest BCUT2D eigenvalue weighted by molar-refractivity contribution is -0.164. The van der Waals surface area contributed by atoms with E-state index in [0.29, 0.717) is 12.4 Å². The standard InChI is InChI=1S/C36H36O4/c1-4-28-14-20-32(21-15-28)35(26-37)39-33-22-16-29(17-23-33)10-8-9-11-30-18-24-34(25-19-30)40-36(2,3)38-27-31-12-6-5-7-13-31/h4-25,35,37H,1,26-27H2,2-3H3. The number of allylic oxidation sites excluding steroid dienone is 2. The number of aliphatic hydroxyl groups is 1. The summed E-state index contributed by atoms with van der Waals surface area (Å²) in [5.74, 6) is 0.716. The maximum atomic E-state index is 9.81. The first-order valence-corrected chi connectivity index (χ1v) is 13.4. The third-order valence-electron chi connectivity index (χ3n) is 6.23. The zero-order valence-electron chi connectivity index (χ0n) is 23.1. The van der Waals surface area contributed by atoms with Crippen molar-refractivity contribution in [3.63, 3.8) is 0 Å². The van der Waals surface area contributed by atoms with Crippen molar-refractivity contribution in [2.24, 2.45) is 0 Å². The Bertz CT molecular complexity index is 1380. The zero-order valence-corrected chi connectivity index (χ0v) is 23.1. The van der Waals surface area contributed by atoms with E-state index < -0.39 is 11.9 Å². The van der Waals surface area contributed by atoms with E-state index in [9.17, 15) is 5.11 Å². The molecular weight excluding hydrogens is 496 g/mol.